The van der Waals surface area contributed by atoms with E-state index in [1.165, 1.54) is 24.3 Å². The van der Waals surface area contributed by atoms with Crippen molar-refractivity contribution < 1.29 is 23.1 Å². The lowest BCUT2D eigenvalue weighted by molar-refractivity contribution is -0.150. The van der Waals surface area contributed by atoms with Gasteiger partial charge in [-0.2, -0.15) is 5.26 Å². The number of nitrogens with one attached hydrogen (secondary N) is 1. The van der Waals surface area contributed by atoms with E-state index in [1.54, 1.807) is 18.2 Å². The molecule has 3 atom stereocenters. The van der Waals surface area contributed by atoms with Gasteiger partial charge in [-0.05, 0) is 67.6 Å². The molecule has 34 heavy (non-hydrogen) atoms. The highest BCUT2D eigenvalue weighted by molar-refractivity contribution is 7.92. The van der Waals surface area contributed by atoms with Crippen LogP contribution < -0.4 is 4.72 Å². The number of anilines is 1. The van der Waals surface area contributed by atoms with Crippen molar-refractivity contribution in [2.75, 3.05) is 4.72 Å². The quantitative estimate of drug-likeness (QED) is 0.551. The first-order valence-corrected chi connectivity index (χ1v) is 13.1. The molecule has 178 valence electrons. The summed E-state index contributed by atoms with van der Waals surface area (Å²) in [6.45, 7) is 1.92. The topological polar surface area (TPSA) is 116 Å². The largest absolute Gasteiger partial charge is 0.511 e. The summed E-state index contributed by atoms with van der Waals surface area (Å²) >= 11 is 0. The van der Waals surface area contributed by atoms with Crippen molar-refractivity contribution in [3.63, 3.8) is 0 Å². The van der Waals surface area contributed by atoms with Gasteiger partial charge in [-0.3, -0.25) is 4.72 Å². The van der Waals surface area contributed by atoms with E-state index >= 15 is 0 Å². The molecule has 7 nitrogen and oxygen atoms in total. The van der Waals surface area contributed by atoms with Gasteiger partial charge in [0.05, 0.1) is 28.0 Å². The number of hydrogen-bond acceptors (Lipinski definition) is 6. The number of sulfonamides is 1. The molecule has 1 aliphatic heterocycles. The summed E-state index contributed by atoms with van der Waals surface area (Å²) in [7, 11) is -3.87. The minimum atomic E-state index is -3.87. The van der Waals surface area contributed by atoms with Crippen LogP contribution in [-0.2, 0) is 19.6 Å². The number of nitriles is 1. The van der Waals surface area contributed by atoms with Gasteiger partial charge >= 0.3 is 5.97 Å². The fourth-order valence-corrected chi connectivity index (χ4v) is 5.95. The Morgan fingerprint density at radius 2 is 1.88 bits per heavy atom. The standard InChI is InChI=1S/C26H28N2O5S/c1-2-21(24-25(29)22-9-4-3-5-10-23(22)33-26(24)30)18-7-6-8-19(15-18)28-34(31,32)20-13-11-17(16-27)12-14-20/h6-8,11-15,21-23,28-29H,2-5,9-10H2,1H3. The van der Waals surface area contributed by atoms with Gasteiger partial charge in [0.2, 0.25) is 0 Å². The Bertz CT molecular complexity index is 1240. The lowest BCUT2D eigenvalue weighted by Crippen LogP contribution is -2.36. The van der Waals surface area contributed by atoms with Crippen molar-refractivity contribution >= 4 is 21.7 Å². The Hall–Kier alpha value is -3.31. The van der Waals surface area contributed by atoms with Crippen molar-refractivity contribution in [3.05, 3.63) is 71.0 Å². The normalized spacial score (nSPS) is 21.6. The molecule has 0 saturated heterocycles. The van der Waals surface area contributed by atoms with Crippen LogP contribution in [0.1, 0.15) is 62.5 Å². The van der Waals surface area contributed by atoms with Gasteiger partial charge in [0.1, 0.15) is 11.9 Å². The van der Waals surface area contributed by atoms with Gasteiger partial charge in [0.25, 0.3) is 10.0 Å². The predicted octanol–water partition coefficient (Wildman–Crippen LogP) is 5.17. The van der Waals surface area contributed by atoms with E-state index < -0.39 is 21.9 Å². The lowest BCUT2D eigenvalue weighted by atomic mass is 9.81. The second-order valence-electron chi connectivity index (χ2n) is 8.82. The zero-order chi connectivity index (χ0) is 24.3. The maximum Gasteiger partial charge on any atom is 0.338 e. The van der Waals surface area contributed by atoms with Gasteiger partial charge in [0.15, 0.2) is 0 Å². The summed E-state index contributed by atoms with van der Waals surface area (Å²) in [6, 6.07) is 14.5. The van der Waals surface area contributed by atoms with Gasteiger partial charge in [-0.25, -0.2) is 13.2 Å². The molecule has 1 aliphatic carbocycles. The smallest absolute Gasteiger partial charge is 0.338 e. The molecule has 2 aromatic carbocycles. The molecule has 4 rings (SSSR count). The summed E-state index contributed by atoms with van der Waals surface area (Å²) in [6.07, 6.45) is 4.84. The van der Waals surface area contributed by atoms with E-state index in [2.05, 4.69) is 4.72 Å². The average Bonchev–Trinajstić information content (AvgIpc) is 3.07. The highest BCUT2D eigenvalue weighted by Gasteiger charge is 2.41. The van der Waals surface area contributed by atoms with Crippen molar-refractivity contribution in [1.29, 1.82) is 5.26 Å². The molecule has 0 spiro atoms. The van der Waals surface area contributed by atoms with E-state index in [1.807, 2.05) is 19.1 Å². The van der Waals surface area contributed by atoms with Crippen LogP contribution in [0.15, 0.2) is 64.8 Å². The summed E-state index contributed by atoms with van der Waals surface area (Å²) in [5.74, 6) is -0.965. The zero-order valence-electron chi connectivity index (χ0n) is 19.0. The molecular weight excluding hydrogens is 452 g/mol. The van der Waals surface area contributed by atoms with Crippen LogP contribution in [0.5, 0.6) is 0 Å². The van der Waals surface area contributed by atoms with E-state index in [9.17, 15) is 18.3 Å². The molecule has 0 aromatic heterocycles. The number of rotatable bonds is 6. The van der Waals surface area contributed by atoms with E-state index in [-0.39, 0.29) is 28.2 Å². The van der Waals surface area contributed by atoms with Crippen LogP contribution in [0.3, 0.4) is 0 Å². The highest BCUT2D eigenvalue weighted by Crippen LogP contribution is 2.41. The molecule has 1 heterocycles. The summed E-state index contributed by atoms with van der Waals surface area (Å²) < 4.78 is 34.0. The molecule has 0 bridgehead atoms. The van der Waals surface area contributed by atoms with Crippen LogP contribution in [0.4, 0.5) is 5.69 Å². The molecule has 0 amide bonds. The molecule has 1 saturated carbocycles. The molecule has 2 N–H and O–H groups in total. The number of benzene rings is 2. The first-order chi connectivity index (χ1) is 16.3. The van der Waals surface area contributed by atoms with Crippen molar-refractivity contribution in [1.82, 2.24) is 0 Å². The third kappa shape index (κ3) is 4.80. The third-order valence-corrected chi connectivity index (χ3v) is 8.05. The first-order valence-electron chi connectivity index (χ1n) is 11.6. The van der Waals surface area contributed by atoms with Crippen LogP contribution in [-0.4, -0.2) is 25.6 Å². The minimum absolute atomic E-state index is 0.0413. The number of fused-ring (bicyclic) bond motifs is 1. The number of esters is 1. The Labute approximate surface area is 200 Å². The van der Waals surface area contributed by atoms with Gasteiger partial charge < -0.3 is 9.84 Å². The fraction of sp³-hybridized carbons (Fsp3) is 0.385. The van der Waals surface area contributed by atoms with Gasteiger partial charge in [-0.15, -0.1) is 0 Å². The minimum Gasteiger partial charge on any atom is -0.511 e. The number of ether oxygens (including phenoxy) is 1. The molecule has 8 heteroatoms. The van der Waals surface area contributed by atoms with E-state index in [4.69, 9.17) is 10.00 Å². The number of nitrogens with zero attached hydrogens (tertiary/aromatic N) is 1. The van der Waals surface area contributed by atoms with Crippen molar-refractivity contribution in [2.45, 2.75) is 62.4 Å². The summed E-state index contributed by atoms with van der Waals surface area (Å²) in [4.78, 5) is 13.0. The Morgan fingerprint density at radius 3 is 2.59 bits per heavy atom. The third-order valence-electron chi connectivity index (χ3n) is 6.65. The number of aliphatic hydroxyl groups is 1. The molecule has 1 fully saturated rings. The Morgan fingerprint density at radius 1 is 1.15 bits per heavy atom. The van der Waals surface area contributed by atoms with Crippen molar-refractivity contribution in [2.24, 2.45) is 5.92 Å². The second-order valence-corrected chi connectivity index (χ2v) is 10.5. The lowest BCUT2D eigenvalue weighted by Gasteiger charge is -2.33. The second kappa shape index (κ2) is 9.90. The molecular formula is C26H28N2O5S. The SMILES string of the molecule is CCC(C1=C(O)C2CCCCCC2OC1=O)c1cccc(NS(=O)(=O)c2ccc(C#N)cc2)c1. The number of hydrogen-bond donors (Lipinski definition) is 2. The Balaban J connectivity index is 1.63. The molecule has 2 aromatic rings. The maximum atomic E-state index is 12.9. The van der Waals surface area contributed by atoms with Gasteiger partial charge in [-0.1, -0.05) is 31.9 Å². The highest BCUT2D eigenvalue weighted by atomic mass is 32.2. The summed E-state index contributed by atoms with van der Waals surface area (Å²) in [5, 5.41) is 20.0. The number of carbonyl (C=O) groups excluding carboxylic acids is 1. The molecule has 3 unspecified atom stereocenters. The zero-order valence-corrected chi connectivity index (χ0v) is 19.8. The number of aliphatic hydroxyl groups excluding tert-OH is 1. The maximum absolute atomic E-state index is 12.9. The first kappa shape index (κ1) is 23.8. The van der Waals surface area contributed by atoms with Crippen LogP contribution >= 0.6 is 0 Å². The van der Waals surface area contributed by atoms with Crippen LogP contribution in [0.25, 0.3) is 0 Å². The fourth-order valence-electron chi connectivity index (χ4n) is 4.90. The van der Waals surface area contributed by atoms with E-state index in [0.29, 0.717) is 23.2 Å². The molecule has 2 aliphatic rings. The predicted molar refractivity (Wildman–Crippen MR) is 128 cm³/mol. The summed E-state index contributed by atoms with van der Waals surface area (Å²) in [5.41, 5.74) is 1.71. The number of carbonyl (C=O) groups is 1. The van der Waals surface area contributed by atoms with E-state index in [0.717, 1.165) is 32.1 Å². The van der Waals surface area contributed by atoms with Crippen molar-refractivity contribution in [3.8, 4) is 6.07 Å². The Kier molecular flexibility index (Phi) is 6.94. The van der Waals surface area contributed by atoms with Gasteiger partial charge in [0, 0.05) is 11.6 Å². The monoisotopic (exact) mass is 480 g/mol. The average molecular weight is 481 g/mol. The molecule has 0 radical (unpaired) electrons. The van der Waals surface area contributed by atoms with Crippen LogP contribution in [0, 0.1) is 17.2 Å². The van der Waals surface area contributed by atoms with Crippen LogP contribution in [0.2, 0.25) is 0 Å².